The van der Waals surface area contributed by atoms with Gasteiger partial charge in [-0.25, -0.2) is 0 Å². The number of nitrogens with zero attached hydrogens (tertiary/aromatic N) is 3. The van der Waals surface area contributed by atoms with E-state index in [9.17, 15) is 0 Å². The Hall–Kier alpha value is -3.19. The monoisotopic (exact) mass is 407 g/mol. The largest absolute Gasteiger partial charge is 0.497 e. The number of methoxy groups -OCH3 is 2. The zero-order valence-corrected chi connectivity index (χ0v) is 17.1. The van der Waals surface area contributed by atoms with E-state index < -0.39 is 0 Å². The lowest BCUT2D eigenvalue weighted by Gasteiger charge is -2.10. The Labute approximate surface area is 173 Å². The molecule has 0 atom stereocenters. The second-order valence-corrected chi connectivity index (χ2v) is 7.29. The summed E-state index contributed by atoms with van der Waals surface area (Å²) in [7, 11) is 3.33. The Morgan fingerprint density at radius 3 is 2.48 bits per heavy atom. The molecule has 6 nitrogen and oxygen atoms in total. The van der Waals surface area contributed by atoms with Crippen molar-refractivity contribution in [1.29, 1.82) is 0 Å². The SMILES string of the molecule is COc1cccc(CSc2nnc(-c3cccc(OC)c3)n2Cc2ccco2)c1. The van der Waals surface area contributed by atoms with Crippen LogP contribution in [-0.2, 0) is 12.3 Å². The highest BCUT2D eigenvalue weighted by Gasteiger charge is 2.16. The number of furan rings is 1. The molecule has 0 spiro atoms. The molecule has 0 bridgehead atoms. The standard InChI is InChI=1S/C22H21N3O3S/c1-26-18-8-3-6-16(12-18)15-29-22-24-23-21(17-7-4-9-19(13-17)27-2)25(22)14-20-10-5-11-28-20/h3-13H,14-15H2,1-2H3. The van der Waals surface area contributed by atoms with Gasteiger partial charge in [0, 0.05) is 11.3 Å². The summed E-state index contributed by atoms with van der Waals surface area (Å²) in [6.45, 7) is 0.549. The van der Waals surface area contributed by atoms with E-state index in [4.69, 9.17) is 13.9 Å². The highest BCUT2D eigenvalue weighted by Crippen LogP contribution is 2.29. The van der Waals surface area contributed by atoms with Crippen LogP contribution in [0.3, 0.4) is 0 Å². The molecule has 0 aliphatic heterocycles. The highest BCUT2D eigenvalue weighted by atomic mass is 32.2. The van der Waals surface area contributed by atoms with Gasteiger partial charge >= 0.3 is 0 Å². The van der Waals surface area contributed by atoms with Crippen molar-refractivity contribution in [3.8, 4) is 22.9 Å². The van der Waals surface area contributed by atoms with Crippen molar-refractivity contribution >= 4 is 11.8 Å². The van der Waals surface area contributed by atoms with Crippen LogP contribution in [-0.4, -0.2) is 29.0 Å². The fourth-order valence-corrected chi connectivity index (χ4v) is 3.86. The lowest BCUT2D eigenvalue weighted by atomic mass is 10.2. The van der Waals surface area contributed by atoms with E-state index in [2.05, 4.69) is 20.8 Å². The van der Waals surface area contributed by atoms with E-state index in [0.29, 0.717) is 6.54 Å². The van der Waals surface area contributed by atoms with Crippen LogP contribution in [0.15, 0.2) is 76.5 Å². The maximum atomic E-state index is 5.56. The predicted molar refractivity (Wildman–Crippen MR) is 112 cm³/mol. The van der Waals surface area contributed by atoms with Crippen LogP contribution in [0.5, 0.6) is 11.5 Å². The Morgan fingerprint density at radius 2 is 1.72 bits per heavy atom. The van der Waals surface area contributed by atoms with Crippen LogP contribution in [0.4, 0.5) is 0 Å². The molecule has 2 aromatic heterocycles. The van der Waals surface area contributed by atoms with Crippen molar-refractivity contribution in [2.45, 2.75) is 17.5 Å². The molecule has 0 radical (unpaired) electrons. The minimum absolute atomic E-state index is 0.549. The van der Waals surface area contributed by atoms with E-state index in [1.165, 1.54) is 0 Å². The third-order valence-corrected chi connectivity index (χ3v) is 5.48. The molecule has 0 unspecified atom stereocenters. The average Bonchev–Trinajstić information content (AvgIpc) is 3.43. The Morgan fingerprint density at radius 1 is 0.931 bits per heavy atom. The number of hydrogen-bond donors (Lipinski definition) is 0. The van der Waals surface area contributed by atoms with Gasteiger partial charge in [0.2, 0.25) is 0 Å². The first-order valence-electron chi connectivity index (χ1n) is 9.12. The summed E-state index contributed by atoms with van der Waals surface area (Å²) in [4.78, 5) is 0. The molecular weight excluding hydrogens is 386 g/mol. The Balaban J connectivity index is 1.64. The second kappa shape index (κ2) is 8.87. The summed E-state index contributed by atoms with van der Waals surface area (Å²) in [5.74, 6) is 3.99. The molecule has 4 aromatic rings. The van der Waals surface area contributed by atoms with Crippen LogP contribution in [0.1, 0.15) is 11.3 Å². The lowest BCUT2D eigenvalue weighted by molar-refractivity contribution is 0.414. The smallest absolute Gasteiger partial charge is 0.192 e. The molecule has 0 N–H and O–H groups in total. The lowest BCUT2D eigenvalue weighted by Crippen LogP contribution is -2.03. The van der Waals surface area contributed by atoms with E-state index in [0.717, 1.165) is 45.1 Å². The van der Waals surface area contributed by atoms with E-state index in [1.807, 2.05) is 54.6 Å². The third kappa shape index (κ3) is 4.46. The quantitative estimate of drug-likeness (QED) is 0.387. The van der Waals surface area contributed by atoms with Gasteiger partial charge in [0.15, 0.2) is 11.0 Å². The summed E-state index contributed by atoms with van der Waals surface area (Å²) < 4.78 is 18.3. The maximum absolute atomic E-state index is 5.56. The Bertz CT molecular complexity index is 1080. The summed E-state index contributed by atoms with van der Waals surface area (Å²) >= 11 is 1.63. The molecule has 29 heavy (non-hydrogen) atoms. The van der Waals surface area contributed by atoms with Gasteiger partial charge in [0.05, 0.1) is 27.0 Å². The fourth-order valence-electron chi connectivity index (χ4n) is 2.98. The highest BCUT2D eigenvalue weighted by molar-refractivity contribution is 7.98. The predicted octanol–water partition coefficient (Wildman–Crippen LogP) is 4.90. The van der Waals surface area contributed by atoms with E-state index in [1.54, 1.807) is 32.2 Å². The first-order valence-corrected chi connectivity index (χ1v) is 10.1. The van der Waals surface area contributed by atoms with Gasteiger partial charge < -0.3 is 13.9 Å². The summed E-state index contributed by atoms with van der Waals surface area (Å²) in [6, 6.07) is 19.7. The molecule has 4 rings (SSSR count). The van der Waals surface area contributed by atoms with Crippen molar-refractivity contribution in [3.63, 3.8) is 0 Å². The molecule has 7 heteroatoms. The van der Waals surface area contributed by atoms with Crippen LogP contribution in [0, 0.1) is 0 Å². The topological polar surface area (TPSA) is 62.3 Å². The Kier molecular flexibility index (Phi) is 5.86. The van der Waals surface area contributed by atoms with Gasteiger partial charge in [-0.3, -0.25) is 4.57 Å². The molecule has 0 saturated carbocycles. The van der Waals surface area contributed by atoms with Crippen LogP contribution in [0.2, 0.25) is 0 Å². The summed E-state index contributed by atoms with van der Waals surface area (Å²) in [6.07, 6.45) is 1.67. The second-order valence-electron chi connectivity index (χ2n) is 6.34. The molecule has 2 heterocycles. The number of benzene rings is 2. The van der Waals surface area contributed by atoms with Gasteiger partial charge in [-0.15, -0.1) is 10.2 Å². The fraction of sp³-hybridized carbons (Fsp3) is 0.182. The zero-order valence-electron chi connectivity index (χ0n) is 16.2. The zero-order chi connectivity index (χ0) is 20.1. The molecule has 0 amide bonds. The summed E-state index contributed by atoms with van der Waals surface area (Å²) in [5, 5.41) is 9.73. The van der Waals surface area contributed by atoms with Crippen molar-refractivity contribution in [2.75, 3.05) is 14.2 Å². The van der Waals surface area contributed by atoms with Crippen molar-refractivity contribution in [1.82, 2.24) is 14.8 Å². The molecule has 148 valence electrons. The molecule has 0 aliphatic carbocycles. The van der Waals surface area contributed by atoms with Crippen LogP contribution < -0.4 is 9.47 Å². The average molecular weight is 407 g/mol. The van der Waals surface area contributed by atoms with Crippen molar-refractivity contribution in [3.05, 3.63) is 78.3 Å². The number of rotatable bonds is 8. The number of ether oxygens (including phenoxy) is 2. The van der Waals surface area contributed by atoms with Gasteiger partial charge in [0.25, 0.3) is 0 Å². The number of hydrogen-bond acceptors (Lipinski definition) is 6. The van der Waals surface area contributed by atoms with Crippen molar-refractivity contribution < 1.29 is 13.9 Å². The van der Waals surface area contributed by atoms with Gasteiger partial charge in [-0.1, -0.05) is 36.0 Å². The third-order valence-electron chi connectivity index (χ3n) is 4.44. The normalized spacial score (nSPS) is 10.8. The van der Waals surface area contributed by atoms with Gasteiger partial charge in [0.1, 0.15) is 17.3 Å². The number of thioether (sulfide) groups is 1. The minimum atomic E-state index is 0.549. The van der Waals surface area contributed by atoms with Gasteiger partial charge in [-0.2, -0.15) is 0 Å². The molecule has 0 aliphatic rings. The van der Waals surface area contributed by atoms with E-state index >= 15 is 0 Å². The first kappa shape index (κ1) is 19.1. The summed E-state index contributed by atoms with van der Waals surface area (Å²) in [5.41, 5.74) is 2.10. The first-order chi connectivity index (χ1) is 14.3. The van der Waals surface area contributed by atoms with Crippen LogP contribution >= 0.6 is 11.8 Å². The van der Waals surface area contributed by atoms with Crippen LogP contribution in [0.25, 0.3) is 11.4 Å². The molecular formula is C22H21N3O3S. The van der Waals surface area contributed by atoms with Gasteiger partial charge in [-0.05, 0) is 42.0 Å². The molecule has 0 fully saturated rings. The molecule has 0 saturated heterocycles. The maximum Gasteiger partial charge on any atom is 0.192 e. The molecule has 2 aromatic carbocycles. The number of aromatic nitrogens is 3. The van der Waals surface area contributed by atoms with E-state index in [-0.39, 0.29) is 0 Å². The van der Waals surface area contributed by atoms with Crippen molar-refractivity contribution in [2.24, 2.45) is 0 Å². The minimum Gasteiger partial charge on any atom is -0.497 e.